The van der Waals surface area contributed by atoms with Gasteiger partial charge in [-0.15, -0.1) is 0 Å². The van der Waals surface area contributed by atoms with Gasteiger partial charge in [0.25, 0.3) is 0 Å². The fourth-order valence-electron chi connectivity index (χ4n) is 5.84. The number of amides is 1. The number of hydrogen-bond acceptors (Lipinski definition) is 3. The molecule has 5 heteroatoms. The van der Waals surface area contributed by atoms with Gasteiger partial charge in [-0.3, -0.25) is 4.79 Å². The lowest BCUT2D eigenvalue weighted by atomic mass is 9.83. The molecule has 2 fully saturated rings. The van der Waals surface area contributed by atoms with Crippen LogP contribution in [0.5, 0.6) is 0 Å². The maximum Gasteiger partial charge on any atom is 0.410 e. The van der Waals surface area contributed by atoms with Crippen LogP contribution in [0.15, 0.2) is 48.5 Å². The summed E-state index contributed by atoms with van der Waals surface area (Å²) in [6, 6.07) is 16.5. The summed E-state index contributed by atoms with van der Waals surface area (Å²) in [4.78, 5) is 26.6. The van der Waals surface area contributed by atoms with Gasteiger partial charge < -0.3 is 14.7 Å². The molecule has 1 saturated heterocycles. The van der Waals surface area contributed by atoms with E-state index in [-0.39, 0.29) is 18.6 Å². The van der Waals surface area contributed by atoms with E-state index in [4.69, 9.17) is 4.74 Å². The van der Waals surface area contributed by atoms with E-state index in [1.807, 2.05) is 24.3 Å². The number of likely N-dealkylation sites (tertiary alicyclic amines) is 1. The van der Waals surface area contributed by atoms with E-state index in [0.29, 0.717) is 13.0 Å². The number of rotatable bonds is 3. The van der Waals surface area contributed by atoms with Gasteiger partial charge in [-0.05, 0) is 41.5 Å². The van der Waals surface area contributed by atoms with Crippen molar-refractivity contribution in [1.82, 2.24) is 4.90 Å². The fourth-order valence-corrected chi connectivity index (χ4v) is 5.84. The lowest BCUT2D eigenvalue weighted by Gasteiger charge is -2.37. The lowest BCUT2D eigenvalue weighted by molar-refractivity contribution is -0.144. The molecule has 1 amide bonds. The summed E-state index contributed by atoms with van der Waals surface area (Å²) in [5, 5.41) is 9.68. The highest BCUT2D eigenvalue weighted by molar-refractivity contribution is 5.79. The Morgan fingerprint density at radius 3 is 2.17 bits per heavy atom. The first-order valence-electron chi connectivity index (χ1n) is 10.5. The molecule has 5 nitrogen and oxygen atoms in total. The molecule has 3 aliphatic rings. The zero-order chi connectivity index (χ0) is 20.0. The second kappa shape index (κ2) is 6.90. The summed E-state index contributed by atoms with van der Waals surface area (Å²) in [7, 11) is 0. The Bertz CT molecular complexity index is 917. The largest absolute Gasteiger partial charge is 0.481 e. The van der Waals surface area contributed by atoms with Crippen LogP contribution in [-0.4, -0.2) is 40.8 Å². The minimum Gasteiger partial charge on any atom is -0.481 e. The van der Waals surface area contributed by atoms with Crippen molar-refractivity contribution in [3.05, 3.63) is 59.7 Å². The Kier molecular flexibility index (Phi) is 4.34. The van der Waals surface area contributed by atoms with Crippen LogP contribution < -0.4 is 0 Å². The van der Waals surface area contributed by atoms with Crippen LogP contribution in [-0.2, 0) is 9.53 Å². The maximum atomic E-state index is 13.1. The molecule has 1 unspecified atom stereocenters. The van der Waals surface area contributed by atoms with Crippen LogP contribution in [0.4, 0.5) is 4.79 Å². The number of carbonyl (C=O) groups is 2. The summed E-state index contributed by atoms with van der Waals surface area (Å²) in [6.45, 7) is 0.741. The first kappa shape index (κ1) is 18.2. The second-order valence-electron chi connectivity index (χ2n) is 8.45. The molecule has 1 heterocycles. The van der Waals surface area contributed by atoms with Crippen molar-refractivity contribution in [1.29, 1.82) is 0 Å². The van der Waals surface area contributed by atoms with Crippen molar-refractivity contribution in [3.63, 3.8) is 0 Å². The van der Waals surface area contributed by atoms with Gasteiger partial charge in [0, 0.05) is 12.5 Å². The smallest absolute Gasteiger partial charge is 0.410 e. The molecule has 2 aromatic rings. The minimum atomic E-state index is -0.791. The van der Waals surface area contributed by atoms with Crippen molar-refractivity contribution >= 4 is 12.1 Å². The molecular formula is C24H25NO4. The number of aliphatic carboxylic acids is 1. The van der Waals surface area contributed by atoms with E-state index in [0.717, 1.165) is 25.7 Å². The number of carbonyl (C=O) groups excluding carboxylic acids is 1. The van der Waals surface area contributed by atoms with E-state index in [9.17, 15) is 14.7 Å². The number of carboxylic acid groups (broad SMARTS) is 1. The Morgan fingerprint density at radius 1 is 1.00 bits per heavy atom. The highest BCUT2D eigenvalue weighted by Crippen LogP contribution is 2.48. The van der Waals surface area contributed by atoms with Crippen LogP contribution in [0, 0.1) is 5.92 Å². The van der Waals surface area contributed by atoms with E-state index in [2.05, 4.69) is 24.3 Å². The second-order valence-corrected chi connectivity index (χ2v) is 8.45. The molecule has 0 radical (unpaired) electrons. The van der Waals surface area contributed by atoms with Crippen LogP contribution >= 0.6 is 0 Å². The normalized spacial score (nSPS) is 21.9. The molecule has 2 aromatic carbocycles. The van der Waals surface area contributed by atoms with Gasteiger partial charge in [0.15, 0.2) is 0 Å². The topological polar surface area (TPSA) is 66.8 Å². The molecule has 0 aromatic heterocycles. The third kappa shape index (κ3) is 2.75. The fraction of sp³-hybridized carbons (Fsp3) is 0.417. The Morgan fingerprint density at radius 2 is 1.59 bits per heavy atom. The molecule has 1 saturated carbocycles. The van der Waals surface area contributed by atoms with Gasteiger partial charge in [0.2, 0.25) is 0 Å². The standard InChI is InChI=1S/C24H25NO4/c26-22(27)21-11-14-25(24(21)12-5-6-13-24)23(28)29-15-20-18-9-3-1-7-16(18)17-8-2-4-10-19(17)20/h1-4,7-10,20-21H,5-6,11-15H2,(H,26,27). The van der Waals surface area contributed by atoms with Gasteiger partial charge in [-0.1, -0.05) is 61.4 Å². The van der Waals surface area contributed by atoms with Gasteiger partial charge in [0.05, 0.1) is 11.5 Å². The molecule has 1 aliphatic heterocycles. The van der Waals surface area contributed by atoms with Crippen molar-refractivity contribution in [2.24, 2.45) is 5.92 Å². The summed E-state index contributed by atoms with van der Waals surface area (Å²) in [5.74, 6) is -1.25. The van der Waals surface area contributed by atoms with E-state index >= 15 is 0 Å². The highest BCUT2D eigenvalue weighted by atomic mass is 16.6. The monoisotopic (exact) mass is 391 g/mol. The predicted octanol–water partition coefficient (Wildman–Crippen LogP) is 4.65. The minimum absolute atomic E-state index is 0.0174. The molecule has 150 valence electrons. The van der Waals surface area contributed by atoms with Crippen LogP contribution in [0.3, 0.4) is 0 Å². The summed E-state index contributed by atoms with van der Waals surface area (Å²) < 4.78 is 5.83. The van der Waals surface area contributed by atoms with Crippen LogP contribution in [0.25, 0.3) is 11.1 Å². The Balaban J connectivity index is 1.37. The maximum absolute atomic E-state index is 13.1. The van der Waals surface area contributed by atoms with Crippen molar-refractivity contribution in [2.75, 3.05) is 13.2 Å². The van der Waals surface area contributed by atoms with Crippen LogP contribution in [0.1, 0.15) is 49.1 Å². The van der Waals surface area contributed by atoms with Gasteiger partial charge in [0.1, 0.15) is 6.61 Å². The Hall–Kier alpha value is -2.82. The van der Waals surface area contributed by atoms with Gasteiger partial charge >= 0.3 is 12.1 Å². The number of benzene rings is 2. The van der Waals surface area contributed by atoms with E-state index < -0.39 is 17.4 Å². The third-order valence-electron chi connectivity index (χ3n) is 7.15. The first-order valence-corrected chi connectivity index (χ1v) is 10.5. The molecule has 0 bridgehead atoms. The molecule has 5 rings (SSSR count). The Labute approximate surface area is 170 Å². The number of carboxylic acids is 1. The first-order chi connectivity index (χ1) is 14.1. The molecular weight excluding hydrogens is 366 g/mol. The summed E-state index contributed by atoms with van der Waals surface area (Å²) >= 11 is 0. The van der Waals surface area contributed by atoms with Crippen LogP contribution in [0.2, 0.25) is 0 Å². The number of ether oxygens (including phenoxy) is 1. The van der Waals surface area contributed by atoms with E-state index in [1.165, 1.54) is 22.3 Å². The molecule has 1 spiro atoms. The SMILES string of the molecule is O=C(O)C1CCN(C(=O)OCC2c3ccccc3-c3ccccc32)C12CCCC2. The quantitative estimate of drug-likeness (QED) is 0.827. The highest BCUT2D eigenvalue weighted by Gasteiger charge is 2.55. The number of fused-ring (bicyclic) bond motifs is 3. The van der Waals surface area contributed by atoms with Crippen molar-refractivity contribution < 1.29 is 19.4 Å². The average molecular weight is 391 g/mol. The van der Waals surface area contributed by atoms with Gasteiger partial charge in [-0.25, -0.2) is 4.79 Å². The molecule has 2 aliphatic carbocycles. The lowest BCUT2D eigenvalue weighted by Crippen LogP contribution is -2.51. The van der Waals surface area contributed by atoms with Crippen molar-refractivity contribution in [2.45, 2.75) is 43.6 Å². The molecule has 1 atom stereocenters. The predicted molar refractivity (Wildman–Crippen MR) is 109 cm³/mol. The summed E-state index contributed by atoms with van der Waals surface area (Å²) in [5.41, 5.74) is 4.20. The zero-order valence-corrected chi connectivity index (χ0v) is 16.3. The van der Waals surface area contributed by atoms with Crippen molar-refractivity contribution in [3.8, 4) is 11.1 Å². The van der Waals surface area contributed by atoms with Gasteiger partial charge in [-0.2, -0.15) is 0 Å². The molecule has 29 heavy (non-hydrogen) atoms. The number of nitrogens with zero attached hydrogens (tertiary/aromatic N) is 1. The zero-order valence-electron chi connectivity index (χ0n) is 16.3. The number of hydrogen-bond donors (Lipinski definition) is 1. The third-order valence-corrected chi connectivity index (χ3v) is 7.15. The molecule has 1 N–H and O–H groups in total. The average Bonchev–Trinajstić information content (AvgIpc) is 3.44. The summed E-state index contributed by atoms with van der Waals surface area (Å²) in [6.07, 6.45) is 3.60. The van der Waals surface area contributed by atoms with E-state index in [1.54, 1.807) is 4.90 Å².